The number of carbonyl (C=O) groups is 2. The molecular weight excluding hydrogens is 204 g/mol. The van der Waals surface area contributed by atoms with E-state index in [1.54, 1.807) is 0 Å². The van der Waals surface area contributed by atoms with Crippen LogP contribution in [0.1, 0.15) is 20.3 Å². The molecule has 0 fully saturated rings. The first kappa shape index (κ1) is 11.1. The monoisotopic (exact) mass is 214 g/mol. The number of hydrogen-bond donors (Lipinski definition) is 0. The van der Waals surface area contributed by atoms with Crippen molar-refractivity contribution in [3.05, 3.63) is 0 Å². The number of ketones is 2. The summed E-state index contributed by atoms with van der Waals surface area (Å²) in [7, 11) is 0. The molecule has 0 aliphatic heterocycles. The van der Waals surface area contributed by atoms with E-state index in [1.165, 1.54) is 13.8 Å². The van der Waals surface area contributed by atoms with Crippen molar-refractivity contribution in [1.29, 1.82) is 0 Å². The minimum Gasteiger partial charge on any atom is -0.300 e. The molecular formula is C5H8CdO2+2. The average Bonchev–Trinajstić information content (AvgIpc) is 1.27. The van der Waals surface area contributed by atoms with Crippen LogP contribution < -0.4 is 0 Å². The van der Waals surface area contributed by atoms with Crippen LogP contribution in [-0.2, 0) is 36.9 Å². The van der Waals surface area contributed by atoms with E-state index >= 15 is 0 Å². The minimum absolute atomic E-state index is 0. The summed E-state index contributed by atoms with van der Waals surface area (Å²) in [4.78, 5) is 20.1. The van der Waals surface area contributed by atoms with E-state index in [2.05, 4.69) is 0 Å². The van der Waals surface area contributed by atoms with Gasteiger partial charge in [0.1, 0.15) is 11.6 Å². The van der Waals surface area contributed by atoms with E-state index in [9.17, 15) is 9.59 Å². The van der Waals surface area contributed by atoms with Crippen LogP contribution in [0.25, 0.3) is 0 Å². The summed E-state index contributed by atoms with van der Waals surface area (Å²) in [5, 5.41) is 0. The van der Waals surface area contributed by atoms with E-state index in [0.717, 1.165) is 0 Å². The zero-order chi connectivity index (χ0) is 5.86. The minimum atomic E-state index is -0.0625. The molecule has 0 heterocycles. The zero-order valence-electron chi connectivity index (χ0n) is 5.23. The van der Waals surface area contributed by atoms with Gasteiger partial charge >= 0.3 is 27.3 Å². The molecule has 0 unspecified atom stereocenters. The van der Waals surface area contributed by atoms with E-state index in [1.807, 2.05) is 0 Å². The Kier molecular flexibility index (Phi) is 7.50. The second kappa shape index (κ2) is 5.40. The SMILES string of the molecule is CC(=O)CC(C)=O.[Cd+2]. The standard InChI is InChI=1S/C5H8O2.Cd/c1-4(6)3-5(2)7;/h3H2,1-2H3;/q;+2. The largest absolute Gasteiger partial charge is 2.00 e. The molecule has 2 nitrogen and oxygen atoms in total. The third-order valence-corrected chi connectivity index (χ3v) is 0.498. The fraction of sp³-hybridized carbons (Fsp3) is 0.600. The Morgan fingerprint density at radius 3 is 1.38 bits per heavy atom. The van der Waals surface area contributed by atoms with Crippen LogP contribution in [-0.4, -0.2) is 11.6 Å². The van der Waals surface area contributed by atoms with E-state index in [4.69, 9.17) is 0 Å². The van der Waals surface area contributed by atoms with Crippen LogP contribution in [0.15, 0.2) is 0 Å². The summed E-state index contributed by atoms with van der Waals surface area (Å²) in [6, 6.07) is 0. The van der Waals surface area contributed by atoms with Gasteiger partial charge in [0, 0.05) is 0 Å². The van der Waals surface area contributed by atoms with E-state index in [0.29, 0.717) is 0 Å². The molecule has 0 aliphatic rings. The van der Waals surface area contributed by atoms with Crippen molar-refractivity contribution in [2.45, 2.75) is 20.3 Å². The predicted octanol–water partition coefficient (Wildman–Crippen LogP) is 0.552. The maximum atomic E-state index is 10.0. The van der Waals surface area contributed by atoms with Crippen LogP contribution in [0.4, 0.5) is 0 Å². The third-order valence-electron chi connectivity index (χ3n) is 0.498. The Morgan fingerprint density at radius 1 is 1.12 bits per heavy atom. The molecule has 0 atom stereocenters. The summed E-state index contributed by atoms with van der Waals surface area (Å²) in [6.45, 7) is 2.81. The number of Topliss-reactive ketones (excluding diaryl/α,β-unsaturated/α-hetero) is 2. The molecule has 0 aromatic heterocycles. The van der Waals surface area contributed by atoms with Gasteiger partial charge in [-0.3, -0.25) is 9.59 Å². The molecule has 0 bridgehead atoms. The topological polar surface area (TPSA) is 34.1 Å². The Hall–Kier alpha value is 0.262. The number of carbonyl (C=O) groups excluding carboxylic acids is 2. The summed E-state index contributed by atoms with van der Waals surface area (Å²) in [6.07, 6.45) is 0.0833. The summed E-state index contributed by atoms with van der Waals surface area (Å²) >= 11 is 0. The van der Waals surface area contributed by atoms with Gasteiger partial charge < -0.3 is 0 Å². The van der Waals surface area contributed by atoms with Gasteiger partial charge in [0.15, 0.2) is 0 Å². The summed E-state index contributed by atoms with van der Waals surface area (Å²) in [5.74, 6) is -0.125. The molecule has 8 heavy (non-hydrogen) atoms. The second-order valence-corrected chi connectivity index (χ2v) is 1.58. The third kappa shape index (κ3) is 9.55. The van der Waals surface area contributed by atoms with Crippen molar-refractivity contribution >= 4 is 11.6 Å². The van der Waals surface area contributed by atoms with Gasteiger partial charge in [0.2, 0.25) is 0 Å². The summed E-state index contributed by atoms with van der Waals surface area (Å²) in [5.41, 5.74) is 0. The van der Waals surface area contributed by atoms with Crippen LogP contribution in [0.5, 0.6) is 0 Å². The molecule has 0 amide bonds. The Labute approximate surface area is 68.8 Å². The molecule has 3 heteroatoms. The van der Waals surface area contributed by atoms with Gasteiger partial charge in [-0.05, 0) is 13.8 Å². The van der Waals surface area contributed by atoms with Crippen LogP contribution >= 0.6 is 0 Å². The average molecular weight is 213 g/mol. The van der Waals surface area contributed by atoms with Crippen LogP contribution in [0, 0.1) is 0 Å². The quantitative estimate of drug-likeness (QED) is 0.495. The van der Waals surface area contributed by atoms with Crippen molar-refractivity contribution in [2.24, 2.45) is 0 Å². The molecule has 0 radical (unpaired) electrons. The van der Waals surface area contributed by atoms with Gasteiger partial charge in [-0.2, -0.15) is 0 Å². The van der Waals surface area contributed by atoms with Crippen molar-refractivity contribution in [1.82, 2.24) is 0 Å². The predicted molar refractivity (Wildman–Crippen MR) is 26.0 cm³/mol. The molecule has 0 N–H and O–H groups in total. The normalized spacial score (nSPS) is 7.25. The first-order chi connectivity index (χ1) is 3.13. The van der Waals surface area contributed by atoms with E-state index in [-0.39, 0.29) is 45.3 Å². The Bertz CT molecular complexity index is 86.6. The summed E-state index contributed by atoms with van der Waals surface area (Å²) < 4.78 is 0. The molecule has 0 aromatic rings. The molecule has 0 spiro atoms. The maximum absolute atomic E-state index is 10.0. The Morgan fingerprint density at radius 2 is 1.38 bits per heavy atom. The van der Waals surface area contributed by atoms with Crippen LogP contribution in [0.3, 0.4) is 0 Å². The maximum Gasteiger partial charge on any atom is 2.00 e. The zero-order valence-corrected chi connectivity index (χ0v) is 9.27. The first-order valence-electron chi connectivity index (χ1n) is 2.12. The molecule has 0 saturated heterocycles. The first-order valence-corrected chi connectivity index (χ1v) is 2.12. The number of hydrogen-bond acceptors (Lipinski definition) is 2. The van der Waals surface area contributed by atoms with E-state index < -0.39 is 0 Å². The number of rotatable bonds is 2. The fourth-order valence-corrected chi connectivity index (χ4v) is 0.351. The molecule has 0 saturated carbocycles. The van der Waals surface area contributed by atoms with Gasteiger partial charge in [-0.25, -0.2) is 0 Å². The van der Waals surface area contributed by atoms with Gasteiger partial charge in [-0.15, -0.1) is 0 Å². The smallest absolute Gasteiger partial charge is 0.300 e. The van der Waals surface area contributed by atoms with Gasteiger partial charge in [0.05, 0.1) is 6.42 Å². The molecule has 40 valence electrons. The van der Waals surface area contributed by atoms with Gasteiger partial charge in [-0.1, -0.05) is 0 Å². The van der Waals surface area contributed by atoms with Crippen LogP contribution in [0.2, 0.25) is 0 Å². The Balaban J connectivity index is 0. The van der Waals surface area contributed by atoms with Crippen molar-refractivity contribution < 1.29 is 36.9 Å². The fourth-order valence-electron chi connectivity index (χ4n) is 0.351. The van der Waals surface area contributed by atoms with Crippen molar-refractivity contribution in [3.8, 4) is 0 Å². The van der Waals surface area contributed by atoms with Gasteiger partial charge in [0.25, 0.3) is 0 Å². The molecule has 0 aromatic carbocycles. The van der Waals surface area contributed by atoms with Crippen molar-refractivity contribution in [3.63, 3.8) is 0 Å². The van der Waals surface area contributed by atoms with Crippen molar-refractivity contribution in [2.75, 3.05) is 0 Å². The molecule has 0 rings (SSSR count). The second-order valence-electron chi connectivity index (χ2n) is 1.58. The molecule has 0 aliphatic carbocycles.